The number of nitrogens with zero attached hydrogens (tertiary/aromatic N) is 2. The summed E-state index contributed by atoms with van der Waals surface area (Å²) < 4.78 is 6.15. The molecule has 0 bridgehead atoms. The molecule has 0 aromatic heterocycles. The Bertz CT molecular complexity index is 676. The smallest absolute Gasteiger partial charge is 0.261 e. The molecule has 1 aromatic rings. The van der Waals surface area contributed by atoms with E-state index in [1.807, 2.05) is 6.92 Å². The third kappa shape index (κ3) is 3.16. The fraction of sp³-hybridized carbons (Fsp3) is 0.438. The van der Waals surface area contributed by atoms with Crippen LogP contribution in [0.4, 0.5) is 0 Å². The Kier molecular flexibility index (Phi) is 4.50. The first kappa shape index (κ1) is 16.1. The van der Waals surface area contributed by atoms with Crippen LogP contribution in [0.3, 0.4) is 0 Å². The van der Waals surface area contributed by atoms with E-state index in [1.54, 1.807) is 23.1 Å². The summed E-state index contributed by atoms with van der Waals surface area (Å²) in [6.45, 7) is 3.65. The molecule has 2 aliphatic rings. The van der Waals surface area contributed by atoms with Crippen LogP contribution in [0.5, 0.6) is 0 Å². The summed E-state index contributed by atoms with van der Waals surface area (Å²) in [6, 6.07) is 5.00. The maximum absolute atomic E-state index is 12.3. The first-order valence-corrected chi connectivity index (χ1v) is 8.32. The molecule has 122 valence electrons. The zero-order valence-corrected chi connectivity index (χ0v) is 14.3. The molecule has 3 rings (SSSR count). The van der Waals surface area contributed by atoms with Crippen molar-refractivity contribution in [1.82, 2.24) is 9.80 Å². The Balaban J connectivity index is 1.64. The van der Waals surface area contributed by atoms with Gasteiger partial charge >= 0.3 is 0 Å². The largest absolute Gasteiger partial charge is 0.375 e. The van der Waals surface area contributed by atoms with Crippen LogP contribution in [0.1, 0.15) is 34.1 Å². The van der Waals surface area contributed by atoms with E-state index in [2.05, 4.69) is 15.9 Å². The molecule has 0 unspecified atom stereocenters. The third-order valence-electron chi connectivity index (χ3n) is 4.08. The van der Waals surface area contributed by atoms with Gasteiger partial charge in [-0.25, -0.2) is 0 Å². The second-order valence-corrected chi connectivity index (χ2v) is 6.64. The van der Waals surface area contributed by atoms with Crippen molar-refractivity contribution in [1.29, 1.82) is 0 Å². The standard InChI is InChI=1S/C16H17BrN2O4/c1-10-9-18(6-7-23-10)14(20)4-5-19-15(21)12-3-2-11(17)8-13(12)16(19)22/h2-3,8,10H,4-7,9H2,1H3/t10-/m0/s1. The number of carbonyl (C=O) groups excluding carboxylic acids is 3. The molecule has 0 aliphatic carbocycles. The lowest BCUT2D eigenvalue weighted by atomic mass is 10.1. The molecule has 23 heavy (non-hydrogen) atoms. The van der Waals surface area contributed by atoms with Gasteiger partial charge in [-0.05, 0) is 25.1 Å². The zero-order chi connectivity index (χ0) is 16.6. The predicted octanol–water partition coefficient (Wildman–Crippen LogP) is 1.68. The van der Waals surface area contributed by atoms with Gasteiger partial charge in [0, 0.05) is 30.5 Å². The van der Waals surface area contributed by atoms with Crippen LogP contribution in [0.25, 0.3) is 0 Å². The molecule has 3 amide bonds. The number of imide groups is 1. The summed E-state index contributed by atoms with van der Waals surface area (Å²) in [5, 5.41) is 0. The van der Waals surface area contributed by atoms with Gasteiger partial charge in [0.05, 0.1) is 23.8 Å². The van der Waals surface area contributed by atoms with E-state index >= 15 is 0 Å². The van der Waals surface area contributed by atoms with Crippen molar-refractivity contribution in [3.8, 4) is 0 Å². The average molecular weight is 381 g/mol. The highest BCUT2D eigenvalue weighted by Gasteiger charge is 2.36. The molecule has 0 radical (unpaired) electrons. The topological polar surface area (TPSA) is 66.9 Å². The van der Waals surface area contributed by atoms with Crippen LogP contribution in [0.2, 0.25) is 0 Å². The van der Waals surface area contributed by atoms with Gasteiger partial charge < -0.3 is 9.64 Å². The highest BCUT2D eigenvalue weighted by atomic mass is 79.9. The van der Waals surface area contributed by atoms with Gasteiger partial charge in [0.25, 0.3) is 11.8 Å². The van der Waals surface area contributed by atoms with Crippen LogP contribution in [0, 0.1) is 0 Å². The van der Waals surface area contributed by atoms with Crippen molar-refractivity contribution in [2.24, 2.45) is 0 Å². The molecule has 0 N–H and O–H groups in total. The minimum absolute atomic E-state index is 0.0179. The quantitative estimate of drug-likeness (QED) is 0.748. The van der Waals surface area contributed by atoms with E-state index in [4.69, 9.17) is 4.74 Å². The SMILES string of the molecule is C[C@H]1CN(C(=O)CCN2C(=O)c3ccc(Br)cc3C2=O)CCO1. The van der Waals surface area contributed by atoms with Crippen molar-refractivity contribution < 1.29 is 19.1 Å². The van der Waals surface area contributed by atoms with Crippen molar-refractivity contribution in [3.05, 3.63) is 33.8 Å². The fourth-order valence-electron chi connectivity index (χ4n) is 2.88. The molecule has 0 spiro atoms. The lowest BCUT2D eigenvalue weighted by Gasteiger charge is -2.31. The highest BCUT2D eigenvalue weighted by Crippen LogP contribution is 2.26. The fourth-order valence-corrected chi connectivity index (χ4v) is 3.24. The highest BCUT2D eigenvalue weighted by molar-refractivity contribution is 9.10. The number of hydrogen-bond donors (Lipinski definition) is 0. The number of halogens is 1. The molecule has 2 heterocycles. The Morgan fingerprint density at radius 3 is 2.78 bits per heavy atom. The summed E-state index contributed by atoms with van der Waals surface area (Å²) in [6.07, 6.45) is 0.156. The number of rotatable bonds is 3. The number of fused-ring (bicyclic) bond motifs is 1. The average Bonchev–Trinajstić information content (AvgIpc) is 2.76. The van der Waals surface area contributed by atoms with Crippen LogP contribution >= 0.6 is 15.9 Å². The molecule has 1 atom stereocenters. The third-order valence-corrected chi connectivity index (χ3v) is 4.57. The van der Waals surface area contributed by atoms with E-state index in [-0.39, 0.29) is 36.8 Å². The van der Waals surface area contributed by atoms with Gasteiger partial charge in [-0.1, -0.05) is 15.9 Å². The summed E-state index contributed by atoms with van der Waals surface area (Å²) >= 11 is 3.30. The number of benzene rings is 1. The lowest BCUT2D eigenvalue weighted by molar-refractivity contribution is -0.138. The molecule has 1 saturated heterocycles. The summed E-state index contributed by atoms with van der Waals surface area (Å²) in [5.41, 5.74) is 0.780. The molecule has 6 nitrogen and oxygen atoms in total. The van der Waals surface area contributed by atoms with Crippen molar-refractivity contribution in [2.45, 2.75) is 19.4 Å². The molecule has 1 aromatic carbocycles. The van der Waals surface area contributed by atoms with E-state index in [0.717, 1.165) is 9.37 Å². The van der Waals surface area contributed by atoms with Gasteiger partial charge in [0.15, 0.2) is 0 Å². The first-order valence-electron chi connectivity index (χ1n) is 7.52. The van der Waals surface area contributed by atoms with Crippen LogP contribution in [-0.2, 0) is 9.53 Å². The van der Waals surface area contributed by atoms with Gasteiger partial charge in [-0.2, -0.15) is 0 Å². The Hall–Kier alpha value is -1.73. The first-order chi connectivity index (χ1) is 11.0. The molecular weight excluding hydrogens is 364 g/mol. The summed E-state index contributed by atoms with van der Waals surface area (Å²) in [7, 11) is 0. The second-order valence-electron chi connectivity index (χ2n) is 5.72. The van der Waals surface area contributed by atoms with Gasteiger partial charge in [-0.15, -0.1) is 0 Å². The molecule has 1 fully saturated rings. The minimum Gasteiger partial charge on any atom is -0.375 e. The molecular formula is C16H17BrN2O4. The number of amides is 3. The maximum atomic E-state index is 12.3. The number of ether oxygens (including phenoxy) is 1. The minimum atomic E-state index is -0.338. The van der Waals surface area contributed by atoms with E-state index in [9.17, 15) is 14.4 Å². The number of carbonyl (C=O) groups is 3. The van der Waals surface area contributed by atoms with Gasteiger partial charge in [-0.3, -0.25) is 19.3 Å². The molecule has 2 aliphatic heterocycles. The maximum Gasteiger partial charge on any atom is 0.261 e. The lowest BCUT2D eigenvalue weighted by Crippen LogP contribution is -2.45. The van der Waals surface area contributed by atoms with Crippen LogP contribution in [-0.4, -0.2) is 59.9 Å². The second kappa shape index (κ2) is 6.41. The predicted molar refractivity (Wildman–Crippen MR) is 86.1 cm³/mol. The number of hydrogen-bond acceptors (Lipinski definition) is 4. The van der Waals surface area contributed by atoms with Crippen LogP contribution < -0.4 is 0 Å². The molecule has 0 saturated carbocycles. The van der Waals surface area contributed by atoms with Gasteiger partial charge in [0.2, 0.25) is 5.91 Å². The summed E-state index contributed by atoms with van der Waals surface area (Å²) in [4.78, 5) is 39.8. The van der Waals surface area contributed by atoms with Crippen LogP contribution in [0.15, 0.2) is 22.7 Å². The van der Waals surface area contributed by atoms with E-state index in [1.165, 1.54) is 0 Å². The Morgan fingerprint density at radius 1 is 1.30 bits per heavy atom. The summed E-state index contributed by atoms with van der Waals surface area (Å²) in [5.74, 6) is -0.729. The van der Waals surface area contributed by atoms with Crippen molar-refractivity contribution in [2.75, 3.05) is 26.2 Å². The van der Waals surface area contributed by atoms with E-state index < -0.39 is 0 Å². The Morgan fingerprint density at radius 2 is 2.04 bits per heavy atom. The monoisotopic (exact) mass is 380 g/mol. The normalized spacial score (nSPS) is 20.9. The van der Waals surface area contributed by atoms with Crippen molar-refractivity contribution in [3.63, 3.8) is 0 Å². The Labute approximate surface area is 142 Å². The zero-order valence-electron chi connectivity index (χ0n) is 12.8. The van der Waals surface area contributed by atoms with Gasteiger partial charge in [0.1, 0.15) is 0 Å². The van der Waals surface area contributed by atoms with Crippen molar-refractivity contribution >= 4 is 33.7 Å². The number of morpholine rings is 1. The van der Waals surface area contributed by atoms with E-state index in [0.29, 0.717) is 30.8 Å². The molecule has 7 heteroatoms.